The van der Waals surface area contributed by atoms with Crippen LogP contribution in [0.1, 0.15) is 74.5 Å². The van der Waals surface area contributed by atoms with E-state index in [0.29, 0.717) is 11.2 Å². The van der Waals surface area contributed by atoms with Gasteiger partial charge in [-0.2, -0.15) is 13.2 Å². The lowest BCUT2D eigenvalue weighted by Crippen LogP contribution is -2.11. The molecule has 0 aliphatic heterocycles. The van der Waals surface area contributed by atoms with Crippen LogP contribution >= 0.6 is 11.6 Å². The number of hydrogen-bond acceptors (Lipinski definition) is 5. The first-order valence-corrected chi connectivity index (χ1v) is 10.6. The number of unbranched alkanes of at least 4 members (excludes halogenated alkanes) is 7. The summed E-state index contributed by atoms with van der Waals surface area (Å²) >= 11 is 5.78. The fourth-order valence-corrected chi connectivity index (χ4v) is 2.76. The Morgan fingerprint density at radius 3 is 2.29 bits per heavy atom. The van der Waals surface area contributed by atoms with Gasteiger partial charge in [0.05, 0.1) is 0 Å². The van der Waals surface area contributed by atoms with Gasteiger partial charge >= 0.3 is 12.1 Å². The average molecular weight is 461 g/mol. The first-order valence-electron chi connectivity index (χ1n) is 10.2. The van der Waals surface area contributed by atoms with Crippen molar-refractivity contribution in [2.45, 2.75) is 64.5 Å². The molecule has 2 N–H and O–H groups in total. The smallest absolute Gasteiger partial charge is 0.433 e. The zero-order valence-corrected chi connectivity index (χ0v) is 18.2. The summed E-state index contributed by atoms with van der Waals surface area (Å²) in [6, 6.07) is 4.47. The molecule has 0 saturated heterocycles. The Morgan fingerprint density at radius 2 is 1.71 bits per heavy atom. The van der Waals surface area contributed by atoms with Crippen LogP contribution in [0.3, 0.4) is 0 Å². The lowest BCUT2D eigenvalue weighted by Gasteiger charge is -2.05. The monoisotopic (exact) mass is 460 g/mol. The van der Waals surface area contributed by atoms with E-state index in [4.69, 9.17) is 16.7 Å². The Bertz CT molecular complexity index is 791. The highest BCUT2D eigenvalue weighted by molar-refractivity contribution is 6.29. The van der Waals surface area contributed by atoms with E-state index in [1.54, 1.807) is 6.07 Å². The standard InChI is InChI=1S/C14H24ClN3.C7H4F3NO2/c1-2-3-4-5-6-7-8-9-10-16-14-11-13(15)17-12-18-14;8-7(9,10)5-3-1-2-4(11-5)6(12)13/h11-12H,2-10H2,1H3,(H,16,17,18);1-3H,(H,12,13). The third kappa shape index (κ3) is 12.1. The molecule has 0 atom stereocenters. The number of hydrogen-bond donors (Lipinski definition) is 2. The molecule has 2 aromatic rings. The number of alkyl halides is 3. The Balaban J connectivity index is 0.000000327. The van der Waals surface area contributed by atoms with Gasteiger partial charge in [0.15, 0.2) is 0 Å². The molecule has 2 heterocycles. The number of aromatic carboxylic acids is 1. The van der Waals surface area contributed by atoms with Crippen molar-refractivity contribution in [1.29, 1.82) is 0 Å². The van der Waals surface area contributed by atoms with Gasteiger partial charge in [-0.3, -0.25) is 0 Å². The number of aromatic nitrogens is 3. The number of carboxylic acid groups (broad SMARTS) is 1. The first kappa shape index (κ1) is 26.6. The molecule has 0 spiro atoms. The maximum atomic E-state index is 12.0. The van der Waals surface area contributed by atoms with Crippen molar-refractivity contribution >= 4 is 23.4 Å². The second kappa shape index (κ2) is 14.6. The van der Waals surface area contributed by atoms with Gasteiger partial charge in [0.2, 0.25) is 0 Å². The molecule has 0 unspecified atom stereocenters. The zero-order valence-electron chi connectivity index (χ0n) is 17.5. The van der Waals surface area contributed by atoms with Gasteiger partial charge in [0.25, 0.3) is 0 Å². The van der Waals surface area contributed by atoms with Crippen molar-refractivity contribution in [3.05, 3.63) is 47.1 Å². The van der Waals surface area contributed by atoms with Crippen LogP contribution in [0.2, 0.25) is 5.15 Å². The van der Waals surface area contributed by atoms with Gasteiger partial charge in [-0.1, -0.05) is 69.5 Å². The van der Waals surface area contributed by atoms with Crippen molar-refractivity contribution < 1.29 is 23.1 Å². The number of nitrogens with zero attached hydrogens (tertiary/aromatic N) is 3. The molecule has 0 bridgehead atoms. The summed E-state index contributed by atoms with van der Waals surface area (Å²) in [4.78, 5) is 21.1. The molecule has 10 heteroatoms. The molecular formula is C21H28ClF3N4O2. The maximum Gasteiger partial charge on any atom is 0.433 e. The van der Waals surface area contributed by atoms with Gasteiger partial charge in [-0.15, -0.1) is 0 Å². The minimum Gasteiger partial charge on any atom is -0.477 e. The van der Waals surface area contributed by atoms with Gasteiger partial charge in [0, 0.05) is 12.6 Å². The molecule has 6 nitrogen and oxygen atoms in total. The van der Waals surface area contributed by atoms with Gasteiger partial charge < -0.3 is 10.4 Å². The molecule has 0 aromatic carbocycles. The molecule has 2 aromatic heterocycles. The number of carbonyl (C=O) groups is 1. The summed E-state index contributed by atoms with van der Waals surface area (Å²) in [5, 5.41) is 12.1. The second-order valence-electron chi connectivity index (χ2n) is 6.84. The van der Waals surface area contributed by atoms with Gasteiger partial charge in [-0.25, -0.2) is 19.7 Å². The molecule has 172 valence electrons. The molecule has 0 aliphatic carbocycles. The number of pyridine rings is 1. The fourth-order valence-electron chi connectivity index (χ4n) is 2.62. The van der Waals surface area contributed by atoms with Crippen LogP contribution < -0.4 is 5.32 Å². The summed E-state index contributed by atoms with van der Waals surface area (Å²) in [6.07, 6.45) is 7.57. The Morgan fingerprint density at radius 1 is 1.06 bits per heavy atom. The number of rotatable bonds is 11. The van der Waals surface area contributed by atoms with Crippen molar-refractivity contribution in [3.8, 4) is 0 Å². The van der Waals surface area contributed by atoms with E-state index in [2.05, 4.69) is 27.2 Å². The molecular weight excluding hydrogens is 433 g/mol. The zero-order chi connectivity index (χ0) is 23.1. The Hall–Kier alpha value is -2.42. The maximum absolute atomic E-state index is 12.0. The molecule has 0 aliphatic rings. The van der Waals surface area contributed by atoms with E-state index in [1.807, 2.05) is 0 Å². The summed E-state index contributed by atoms with van der Waals surface area (Å²) in [5.41, 5.74) is -1.82. The van der Waals surface area contributed by atoms with E-state index >= 15 is 0 Å². The van der Waals surface area contributed by atoms with Gasteiger partial charge in [-0.05, 0) is 18.6 Å². The molecule has 0 radical (unpaired) electrons. The lowest BCUT2D eigenvalue weighted by molar-refractivity contribution is -0.141. The summed E-state index contributed by atoms with van der Waals surface area (Å²) in [7, 11) is 0. The molecule has 0 fully saturated rings. The minimum absolute atomic E-state index is 0.489. The van der Waals surface area contributed by atoms with Crippen molar-refractivity contribution in [3.63, 3.8) is 0 Å². The Kier molecular flexibility index (Phi) is 12.5. The van der Waals surface area contributed by atoms with Crippen LogP contribution in [0.25, 0.3) is 0 Å². The lowest BCUT2D eigenvalue weighted by atomic mass is 10.1. The van der Waals surface area contributed by atoms with E-state index < -0.39 is 23.5 Å². The van der Waals surface area contributed by atoms with Crippen molar-refractivity contribution in [2.24, 2.45) is 0 Å². The molecule has 0 saturated carbocycles. The number of halogens is 4. The predicted molar refractivity (Wildman–Crippen MR) is 114 cm³/mol. The van der Waals surface area contributed by atoms with Crippen LogP contribution in [0.15, 0.2) is 30.6 Å². The number of carboxylic acids is 1. The average Bonchev–Trinajstić information content (AvgIpc) is 2.72. The fraction of sp³-hybridized carbons (Fsp3) is 0.524. The highest BCUT2D eigenvalue weighted by Gasteiger charge is 2.32. The van der Waals surface area contributed by atoms with Crippen LogP contribution in [0, 0.1) is 0 Å². The van der Waals surface area contributed by atoms with E-state index in [9.17, 15) is 18.0 Å². The largest absolute Gasteiger partial charge is 0.477 e. The quantitative estimate of drug-likeness (QED) is 0.294. The Labute approximate surface area is 185 Å². The van der Waals surface area contributed by atoms with Crippen molar-refractivity contribution in [2.75, 3.05) is 11.9 Å². The normalized spacial score (nSPS) is 10.9. The first-order chi connectivity index (χ1) is 14.7. The van der Waals surface area contributed by atoms with Crippen LogP contribution in [-0.2, 0) is 6.18 Å². The number of nitrogens with one attached hydrogen (secondary N) is 1. The van der Waals surface area contributed by atoms with E-state index in [-0.39, 0.29) is 0 Å². The highest BCUT2D eigenvalue weighted by atomic mass is 35.5. The molecule has 2 rings (SSSR count). The summed E-state index contributed by atoms with van der Waals surface area (Å²) in [5.74, 6) is -0.663. The minimum atomic E-state index is -4.61. The predicted octanol–water partition coefficient (Wildman–Crippen LogP) is 6.48. The topological polar surface area (TPSA) is 88.0 Å². The van der Waals surface area contributed by atoms with Crippen LogP contribution in [-0.4, -0.2) is 32.6 Å². The number of anilines is 1. The van der Waals surface area contributed by atoms with E-state index in [0.717, 1.165) is 24.5 Å². The highest BCUT2D eigenvalue weighted by Crippen LogP contribution is 2.27. The third-order valence-electron chi connectivity index (χ3n) is 4.23. The van der Waals surface area contributed by atoms with Crippen LogP contribution in [0.5, 0.6) is 0 Å². The van der Waals surface area contributed by atoms with Gasteiger partial charge in [0.1, 0.15) is 28.7 Å². The summed E-state index contributed by atoms with van der Waals surface area (Å²) in [6.45, 7) is 3.22. The van der Waals surface area contributed by atoms with E-state index in [1.165, 1.54) is 57.7 Å². The summed E-state index contributed by atoms with van der Waals surface area (Å²) < 4.78 is 35.9. The van der Waals surface area contributed by atoms with Crippen molar-refractivity contribution in [1.82, 2.24) is 15.0 Å². The third-order valence-corrected chi connectivity index (χ3v) is 4.44. The second-order valence-corrected chi connectivity index (χ2v) is 7.23. The van der Waals surface area contributed by atoms with Crippen LogP contribution in [0.4, 0.5) is 19.0 Å². The SMILES string of the molecule is CCCCCCCCCCNc1cc(Cl)ncn1.O=C(O)c1cccc(C(F)(F)F)n1. The molecule has 31 heavy (non-hydrogen) atoms. The molecule has 0 amide bonds.